The third-order valence-electron chi connectivity index (χ3n) is 5.03. The van der Waals surface area contributed by atoms with Gasteiger partial charge < -0.3 is 30.5 Å². The highest BCUT2D eigenvalue weighted by molar-refractivity contribution is 5.94. The number of nitrogens with one attached hydrogen (secondary N) is 3. The van der Waals surface area contributed by atoms with Crippen LogP contribution in [0.1, 0.15) is 10.5 Å². The van der Waals surface area contributed by atoms with Gasteiger partial charge in [0.25, 0.3) is 11.8 Å². The molecule has 0 aliphatic carbocycles. The number of aromatic amines is 1. The molecule has 1 saturated heterocycles. The van der Waals surface area contributed by atoms with Crippen LogP contribution in [0.4, 0.5) is 24.5 Å². The second-order valence-corrected chi connectivity index (χ2v) is 7.69. The van der Waals surface area contributed by atoms with Gasteiger partial charge in [-0.15, -0.1) is 0 Å². The molecule has 0 radical (unpaired) electrons. The topological polar surface area (TPSA) is 170 Å². The summed E-state index contributed by atoms with van der Waals surface area (Å²) in [7, 11) is 0. The molecule has 0 saturated carbocycles. The van der Waals surface area contributed by atoms with E-state index in [1.54, 1.807) is 18.3 Å². The number of aliphatic hydroxyl groups excluding tert-OH is 1. The maximum atomic E-state index is 12.4. The monoisotopic (exact) mass is 524 g/mol. The lowest BCUT2D eigenvalue weighted by Crippen LogP contribution is -2.49. The zero-order valence-electron chi connectivity index (χ0n) is 19.2. The average molecular weight is 524 g/mol. The number of alkyl halides is 3. The molecule has 1 aliphatic rings. The van der Waals surface area contributed by atoms with E-state index in [0.29, 0.717) is 32.0 Å². The zero-order valence-corrected chi connectivity index (χ0v) is 19.2. The van der Waals surface area contributed by atoms with Crippen LogP contribution in [-0.4, -0.2) is 93.2 Å². The van der Waals surface area contributed by atoms with E-state index in [9.17, 15) is 27.9 Å². The van der Waals surface area contributed by atoms with Crippen molar-refractivity contribution in [1.29, 1.82) is 0 Å². The number of benzene rings is 1. The van der Waals surface area contributed by atoms with Gasteiger partial charge in [0.2, 0.25) is 0 Å². The number of carbonyl (C=O) groups is 3. The van der Waals surface area contributed by atoms with E-state index in [1.807, 2.05) is 18.2 Å². The molecule has 12 nitrogen and oxygen atoms in total. The summed E-state index contributed by atoms with van der Waals surface area (Å²) in [6.07, 6.45) is -3.15. The predicted molar refractivity (Wildman–Crippen MR) is 123 cm³/mol. The zero-order chi connectivity index (χ0) is 27.0. The normalized spacial score (nSPS) is 14.3. The van der Waals surface area contributed by atoms with E-state index >= 15 is 0 Å². The Balaban J connectivity index is 0.000000479. The molecular weight excluding hydrogens is 501 g/mol. The lowest BCUT2D eigenvalue weighted by molar-refractivity contribution is -0.192. The van der Waals surface area contributed by atoms with Crippen molar-refractivity contribution in [2.24, 2.45) is 0 Å². The largest absolute Gasteiger partial charge is 0.490 e. The van der Waals surface area contributed by atoms with Gasteiger partial charge in [-0.3, -0.25) is 19.7 Å². The molecule has 4 rings (SSSR count). The van der Waals surface area contributed by atoms with Gasteiger partial charge in [-0.05, 0) is 30.3 Å². The van der Waals surface area contributed by atoms with Crippen LogP contribution in [0.5, 0.6) is 0 Å². The number of aliphatic hydroxyl groups is 1. The molecule has 2 amide bonds. The fraction of sp³-hybridized carbons (Fsp3) is 0.318. The molecule has 3 heterocycles. The van der Waals surface area contributed by atoms with Crippen molar-refractivity contribution in [3.63, 3.8) is 0 Å². The van der Waals surface area contributed by atoms with Gasteiger partial charge in [-0.25, -0.2) is 4.79 Å². The van der Waals surface area contributed by atoms with Gasteiger partial charge in [-0.1, -0.05) is 0 Å². The van der Waals surface area contributed by atoms with Crippen LogP contribution >= 0.6 is 0 Å². The quantitative estimate of drug-likeness (QED) is 0.319. The Morgan fingerprint density at radius 2 is 1.81 bits per heavy atom. The van der Waals surface area contributed by atoms with Crippen molar-refractivity contribution in [2.75, 3.05) is 38.2 Å². The number of halogens is 3. The Morgan fingerprint density at radius 1 is 1.14 bits per heavy atom. The van der Waals surface area contributed by atoms with Crippen molar-refractivity contribution in [2.45, 2.75) is 12.3 Å². The lowest BCUT2D eigenvalue weighted by Gasteiger charge is -2.28. The number of anilines is 2. The highest BCUT2D eigenvalue weighted by Crippen LogP contribution is 2.21. The summed E-state index contributed by atoms with van der Waals surface area (Å²) in [4.78, 5) is 39.1. The summed E-state index contributed by atoms with van der Waals surface area (Å²) in [5, 5.41) is 30.9. The number of ether oxygens (including phenoxy) is 1. The predicted octanol–water partition coefficient (Wildman–Crippen LogP) is 1.28. The summed E-state index contributed by atoms with van der Waals surface area (Å²) in [5.41, 5.74) is 2.63. The Labute approximate surface area is 207 Å². The van der Waals surface area contributed by atoms with Crippen LogP contribution in [0, 0.1) is 0 Å². The first kappa shape index (κ1) is 27.3. The van der Waals surface area contributed by atoms with Crippen LogP contribution in [0.25, 0.3) is 10.9 Å². The van der Waals surface area contributed by atoms with Gasteiger partial charge >= 0.3 is 12.1 Å². The Bertz CT molecular complexity index is 1240. The van der Waals surface area contributed by atoms with Crippen LogP contribution in [-0.2, 0) is 14.3 Å². The van der Waals surface area contributed by atoms with Crippen molar-refractivity contribution in [3.8, 4) is 0 Å². The number of aromatic nitrogens is 3. The van der Waals surface area contributed by atoms with Gasteiger partial charge in [0.15, 0.2) is 0 Å². The second-order valence-electron chi connectivity index (χ2n) is 7.69. The van der Waals surface area contributed by atoms with Crippen LogP contribution in [0.2, 0.25) is 0 Å². The van der Waals surface area contributed by atoms with E-state index in [1.165, 1.54) is 11.1 Å². The highest BCUT2D eigenvalue weighted by Gasteiger charge is 2.38. The molecule has 15 heteroatoms. The number of rotatable bonds is 6. The lowest BCUT2D eigenvalue weighted by atomic mass is 10.2. The van der Waals surface area contributed by atoms with Gasteiger partial charge in [0.1, 0.15) is 11.8 Å². The molecule has 198 valence electrons. The van der Waals surface area contributed by atoms with Crippen LogP contribution < -0.4 is 10.6 Å². The molecule has 37 heavy (non-hydrogen) atoms. The average Bonchev–Trinajstić information content (AvgIpc) is 3.35. The highest BCUT2D eigenvalue weighted by atomic mass is 19.4. The molecule has 0 spiro atoms. The number of nitrogens with zero attached hydrogens (tertiary/aromatic N) is 3. The minimum absolute atomic E-state index is 0.176. The number of pyridine rings is 1. The van der Waals surface area contributed by atoms with Crippen molar-refractivity contribution < 1.29 is 42.5 Å². The molecule has 1 atom stereocenters. The summed E-state index contributed by atoms with van der Waals surface area (Å²) in [5.74, 6) is -3.65. The van der Waals surface area contributed by atoms with Gasteiger partial charge in [-0.2, -0.15) is 18.3 Å². The van der Waals surface area contributed by atoms with E-state index in [2.05, 4.69) is 25.8 Å². The Hall–Kier alpha value is -4.24. The van der Waals surface area contributed by atoms with Gasteiger partial charge in [0, 0.05) is 36.0 Å². The second kappa shape index (κ2) is 12.1. The van der Waals surface area contributed by atoms with Gasteiger partial charge in [0.05, 0.1) is 31.5 Å². The number of carboxylic acids is 1. The fourth-order valence-corrected chi connectivity index (χ4v) is 3.18. The van der Waals surface area contributed by atoms with Crippen molar-refractivity contribution >= 4 is 40.1 Å². The number of hydrogen-bond acceptors (Lipinski definition) is 8. The molecule has 1 aliphatic heterocycles. The molecule has 1 aromatic carbocycles. The number of fused-ring (bicyclic) bond motifs is 1. The first-order valence-corrected chi connectivity index (χ1v) is 10.8. The molecule has 2 aromatic heterocycles. The van der Waals surface area contributed by atoms with E-state index in [0.717, 1.165) is 16.6 Å². The molecular formula is C22H23F3N6O6. The summed E-state index contributed by atoms with van der Waals surface area (Å²) < 4.78 is 36.9. The maximum absolute atomic E-state index is 12.4. The van der Waals surface area contributed by atoms with E-state index in [4.69, 9.17) is 14.6 Å². The van der Waals surface area contributed by atoms with Crippen LogP contribution in [0.3, 0.4) is 0 Å². The molecule has 1 fully saturated rings. The minimum Gasteiger partial charge on any atom is -0.475 e. The smallest absolute Gasteiger partial charge is 0.475 e. The number of H-pyrrole nitrogens is 1. The fourth-order valence-electron chi connectivity index (χ4n) is 3.18. The number of carbonyl (C=O) groups excluding carboxylic acids is 2. The molecule has 0 bridgehead atoms. The van der Waals surface area contributed by atoms with Crippen molar-refractivity contribution in [3.05, 3.63) is 48.4 Å². The van der Waals surface area contributed by atoms with E-state index in [-0.39, 0.29) is 12.2 Å². The third-order valence-corrected chi connectivity index (χ3v) is 5.03. The summed E-state index contributed by atoms with van der Waals surface area (Å²) >= 11 is 0. The van der Waals surface area contributed by atoms with Crippen LogP contribution in [0.15, 0.2) is 42.7 Å². The number of hydrogen-bond donors (Lipinski definition) is 5. The SMILES string of the molecule is O=C(NCC(O)C(=O)N1CCOCC1)c1cc(Nc2ccc3[nH]ncc3c2)ccn1.O=C(O)C(F)(F)F. The molecule has 5 N–H and O–H groups in total. The Morgan fingerprint density at radius 3 is 2.49 bits per heavy atom. The molecule has 1 unspecified atom stereocenters. The Kier molecular flexibility index (Phi) is 8.97. The van der Waals surface area contributed by atoms with E-state index < -0.39 is 30.1 Å². The standard InChI is InChI=1S/C20H22N6O4.C2HF3O2/c27-18(20(29)26-5-7-30-8-6-26)12-22-19(28)17-10-15(3-4-21-17)24-14-1-2-16-13(9-14)11-23-25-16;3-2(4,5)1(6)7/h1-4,9-11,18,27H,5-8,12H2,(H,21,24)(H,22,28)(H,23,25);(H,6,7). The number of amides is 2. The summed E-state index contributed by atoms with van der Waals surface area (Å²) in [6.45, 7) is 1.57. The number of morpholine rings is 1. The van der Waals surface area contributed by atoms with Crippen molar-refractivity contribution in [1.82, 2.24) is 25.4 Å². The maximum Gasteiger partial charge on any atom is 0.490 e. The molecule has 3 aromatic rings. The number of aliphatic carboxylic acids is 1. The number of carboxylic acid groups (broad SMARTS) is 1. The minimum atomic E-state index is -5.08. The summed E-state index contributed by atoms with van der Waals surface area (Å²) in [6, 6.07) is 9.09. The first-order chi connectivity index (χ1) is 17.5. The third kappa shape index (κ3) is 7.88. The first-order valence-electron chi connectivity index (χ1n) is 10.8.